The molecule has 86 valence electrons. The second kappa shape index (κ2) is 4.85. The van der Waals surface area contributed by atoms with Gasteiger partial charge in [-0.15, -0.1) is 0 Å². The van der Waals surface area contributed by atoms with E-state index in [0.29, 0.717) is 11.4 Å². The van der Waals surface area contributed by atoms with Crippen LogP contribution in [0.3, 0.4) is 0 Å². The van der Waals surface area contributed by atoms with E-state index in [2.05, 4.69) is 29.7 Å². The van der Waals surface area contributed by atoms with Gasteiger partial charge >= 0.3 is 0 Å². The van der Waals surface area contributed by atoms with Crippen molar-refractivity contribution in [3.63, 3.8) is 0 Å². The SMILES string of the molecule is C[C@H]([C@@H]1SCC=[N+]1C)N1CCC[C@H](O)C1. The topological polar surface area (TPSA) is 26.5 Å². The summed E-state index contributed by atoms with van der Waals surface area (Å²) < 4.78 is 2.32. The Labute approximate surface area is 96.2 Å². The van der Waals surface area contributed by atoms with E-state index in [9.17, 15) is 5.11 Å². The maximum Gasteiger partial charge on any atom is 0.213 e. The van der Waals surface area contributed by atoms with Crippen molar-refractivity contribution in [2.24, 2.45) is 0 Å². The van der Waals surface area contributed by atoms with Crippen molar-refractivity contribution in [2.45, 2.75) is 37.3 Å². The minimum Gasteiger partial charge on any atom is -0.392 e. The van der Waals surface area contributed by atoms with Crippen LogP contribution in [0.2, 0.25) is 0 Å². The number of piperidine rings is 1. The Hall–Kier alpha value is -0.0600. The zero-order valence-corrected chi connectivity index (χ0v) is 10.4. The van der Waals surface area contributed by atoms with Gasteiger partial charge in [-0.1, -0.05) is 11.8 Å². The molecule has 0 aromatic carbocycles. The van der Waals surface area contributed by atoms with Crippen LogP contribution in [-0.2, 0) is 0 Å². The average molecular weight is 229 g/mol. The van der Waals surface area contributed by atoms with Gasteiger partial charge < -0.3 is 5.11 Å². The highest BCUT2D eigenvalue weighted by Gasteiger charge is 2.35. The first-order valence-electron chi connectivity index (χ1n) is 5.77. The second-order valence-corrected chi connectivity index (χ2v) is 5.75. The maximum atomic E-state index is 9.67. The lowest BCUT2D eigenvalue weighted by atomic mass is 10.1. The van der Waals surface area contributed by atoms with Gasteiger partial charge in [0.1, 0.15) is 7.05 Å². The third-order valence-corrected chi connectivity index (χ3v) is 4.86. The number of hydrogen-bond acceptors (Lipinski definition) is 3. The molecule has 0 aromatic rings. The molecule has 4 heteroatoms. The van der Waals surface area contributed by atoms with Gasteiger partial charge in [0, 0.05) is 6.54 Å². The minimum absolute atomic E-state index is 0.109. The summed E-state index contributed by atoms with van der Waals surface area (Å²) in [5.41, 5.74) is 0. The normalized spacial score (nSPS) is 35.3. The van der Waals surface area contributed by atoms with E-state index < -0.39 is 0 Å². The van der Waals surface area contributed by atoms with Crippen molar-refractivity contribution in [1.82, 2.24) is 4.90 Å². The molecule has 0 radical (unpaired) electrons. The zero-order valence-electron chi connectivity index (χ0n) is 9.59. The molecule has 2 heterocycles. The monoisotopic (exact) mass is 229 g/mol. The molecule has 2 aliphatic heterocycles. The number of thioether (sulfide) groups is 1. The quantitative estimate of drug-likeness (QED) is 0.703. The highest BCUT2D eigenvalue weighted by molar-refractivity contribution is 8.00. The molecule has 0 saturated carbocycles. The van der Waals surface area contributed by atoms with Crippen LogP contribution in [0.1, 0.15) is 19.8 Å². The van der Waals surface area contributed by atoms with E-state index in [1.807, 2.05) is 11.8 Å². The summed E-state index contributed by atoms with van der Waals surface area (Å²) in [5.74, 6) is 1.13. The number of hydrogen-bond donors (Lipinski definition) is 1. The van der Waals surface area contributed by atoms with Crippen LogP contribution in [0, 0.1) is 0 Å². The van der Waals surface area contributed by atoms with Crippen LogP contribution in [0.25, 0.3) is 0 Å². The smallest absolute Gasteiger partial charge is 0.213 e. The van der Waals surface area contributed by atoms with Crippen LogP contribution in [-0.4, -0.2) is 64.2 Å². The molecule has 0 aromatic heterocycles. The molecule has 0 amide bonds. The third kappa shape index (κ3) is 2.55. The van der Waals surface area contributed by atoms with Gasteiger partial charge in [0.25, 0.3) is 0 Å². The van der Waals surface area contributed by atoms with Crippen LogP contribution in [0.5, 0.6) is 0 Å². The summed E-state index contributed by atoms with van der Waals surface area (Å²) in [6.07, 6.45) is 4.26. The molecule has 0 spiro atoms. The summed E-state index contributed by atoms with van der Waals surface area (Å²) in [6.45, 7) is 4.28. The van der Waals surface area contributed by atoms with E-state index in [-0.39, 0.29) is 6.10 Å². The molecule has 15 heavy (non-hydrogen) atoms. The second-order valence-electron chi connectivity index (χ2n) is 4.60. The Morgan fingerprint density at radius 3 is 3.00 bits per heavy atom. The van der Waals surface area contributed by atoms with Gasteiger partial charge in [-0.05, 0) is 26.3 Å². The van der Waals surface area contributed by atoms with Gasteiger partial charge in [0.15, 0.2) is 6.21 Å². The maximum absolute atomic E-state index is 9.67. The molecule has 1 N–H and O–H groups in total. The van der Waals surface area contributed by atoms with E-state index in [1.165, 1.54) is 0 Å². The van der Waals surface area contributed by atoms with Crippen molar-refractivity contribution < 1.29 is 9.68 Å². The summed E-state index contributed by atoms with van der Waals surface area (Å²) >= 11 is 2.00. The summed E-state index contributed by atoms with van der Waals surface area (Å²) in [5, 5.41) is 10.2. The Morgan fingerprint density at radius 1 is 1.60 bits per heavy atom. The van der Waals surface area contributed by atoms with Crippen molar-refractivity contribution in [3.8, 4) is 0 Å². The first-order valence-corrected chi connectivity index (χ1v) is 6.82. The number of aliphatic hydroxyl groups excluding tert-OH is 1. The van der Waals surface area contributed by atoms with Crippen molar-refractivity contribution in [2.75, 3.05) is 25.9 Å². The van der Waals surface area contributed by atoms with E-state index in [1.54, 1.807) is 0 Å². The molecular formula is C11H21N2OS+. The largest absolute Gasteiger partial charge is 0.392 e. The Morgan fingerprint density at radius 2 is 2.40 bits per heavy atom. The van der Waals surface area contributed by atoms with Gasteiger partial charge in [-0.3, -0.25) is 4.90 Å². The Bertz CT molecular complexity index is 257. The fraction of sp³-hybridized carbons (Fsp3) is 0.909. The highest BCUT2D eigenvalue weighted by atomic mass is 32.2. The standard InChI is InChI=1S/C11H21N2OS/c1-9(11-12(2)6-7-15-11)13-5-3-4-10(14)8-13/h6,9-11,14H,3-5,7-8H2,1-2H3/q+1/t9-,10+,11+/m1/s1. The molecule has 0 bridgehead atoms. The number of likely N-dealkylation sites (tertiary alicyclic amines) is 1. The van der Waals surface area contributed by atoms with Gasteiger partial charge in [0.05, 0.1) is 17.9 Å². The summed E-state index contributed by atoms with van der Waals surface area (Å²) in [7, 11) is 2.15. The molecule has 3 nitrogen and oxygen atoms in total. The number of nitrogens with zero attached hydrogens (tertiary/aromatic N) is 2. The van der Waals surface area contributed by atoms with Crippen LogP contribution >= 0.6 is 11.8 Å². The van der Waals surface area contributed by atoms with Crippen molar-refractivity contribution in [3.05, 3.63) is 0 Å². The summed E-state index contributed by atoms with van der Waals surface area (Å²) in [6, 6.07) is 0.536. The predicted octanol–water partition coefficient (Wildman–Crippen LogP) is 0.618. The minimum atomic E-state index is -0.109. The predicted molar refractivity (Wildman–Crippen MR) is 64.8 cm³/mol. The fourth-order valence-corrected chi connectivity index (χ4v) is 3.78. The van der Waals surface area contributed by atoms with Crippen LogP contribution < -0.4 is 0 Å². The van der Waals surface area contributed by atoms with Gasteiger partial charge in [-0.25, -0.2) is 4.58 Å². The Balaban J connectivity index is 1.94. The van der Waals surface area contributed by atoms with Crippen LogP contribution in [0.15, 0.2) is 0 Å². The first kappa shape index (κ1) is 11.4. The number of rotatable bonds is 2. The number of aliphatic hydroxyl groups is 1. The van der Waals surface area contributed by atoms with E-state index in [0.717, 1.165) is 31.7 Å². The average Bonchev–Trinajstić information content (AvgIpc) is 2.63. The van der Waals surface area contributed by atoms with E-state index >= 15 is 0 Å². The number of likely N-dealkylation sites (N-methyl/N-ethyl adjacent to an activating group) is 1. The number of β-amino-alcohol motifs (C(OH)–C–C–N with tert-alkyl or cyclic N) is 1. The summed E-state index contributed by atoms with van der Waals surface area (Å²) in [4.78, 5) is 2.43. The highest BCUT2D eigenvalue weighted by Crippen LogP contribution is 2.24. The third-order valence-electron chi connectivity index (χ3n) is 3.45. The zero-order chi connectivity index (χ0) is 10.8. The lowest BCUT2D eigenvalue weighted by molar-refractivity contribution is -0.511. The van der Waals surface area contributed by atoms with Crippen molar-refractivity contribution in [1.29, 1.82) is 0 Å². The van der Waals surface area contributed by atoms with Crippen LogP contribution in [0.4, 0.5) is 0 Å². The van der Waals surface area contributed by atoms with Gasteiger partial charge in [-0.2, -0.15) is 0 Å². The molecule has 2 rings (SSSR count). The lowest BCUT2D eigenvalue weighted by Gasteiger charge is -2.35. The molecule has 0 unspecified atom stereocenters. The molecule has 0 aliphatic carbocycles. The van der Waals surface area contributed by atoms with Crippen molar-refractivity contribution >= 4 is 18.0 Å². The van der Waals surface area contributed by atoms with Gasteiger partial charge in [0.2, 0.25) is 5.37 Å². The molecule has 1 saturated heterocycles. The molecule has 3 atom stereocenters. The first-order chi connectivity index (χ1) is 7.18. The molecule has 1 fully saturated rings. The Kier molecular flexibility index (Phi) is 3.69. The lowest BCUT2D eigenvalue weighted by Crippen LogP contribution is -2.49. The fourth-order valence-electron chi connectivity index (χ4n) is 2.49. The molecular weight excluding hydrogens is 208 g/mol. The molecule has 2 aliphatic rings. The van der Waals surface area contributed by atoms with E-state index in [4.69, 9.17) is 0 Å².